The molecule has 1 aromatic rings. The molecular formula is C11H14ClN. The van der Waals surface area contributed by atoms with E-state index in [9.17, 15) is 0 Å². The summed E-state index contributed by atoms with van der Waals surface area (Å²) in [5.74, 6) is 0. The Labute approximate surface area is 85.4 Å². The lowest BCUT2D eigenvalue weighted by Crippen LogP contribution is -2.04. The van der Waals surface area contributed by atoms with Gasteiger partial charge >= 0.3 is 0 Å². The maximum Gasteiger partial charge on any atom is 0.0216 e. The van der Waals surface area contributed by atoms with E-state index in [1.807, 2.05) is 18.2 Å². The number of hydrogen-bond donors (Lipinski definition) is 1. The highest BCUT2D eigenvalue weighted by Crippen LogP contribution is 2.04. The summed E-state index contributed by atoms with van der Waals surface area (Å²) in [5, 5.41) is 0. The van der Waals surface area contributed by atoms with Crippen molar-refractivity contribution in [3.63, 3.8) is 0 Å². The van der Waals surface area contributed by atoms with E-state index in [2.05, 4.69) is 24.4 Å². The first kappa shape index (κ1) is 12.0. The third-order valence-corrected chi connectivity index (χ3v) is 1.76. The third kappa shape index (κ3) is 3.95. The summed E-state index contributed by atoms with van der Waals surface area (Å²) in [7, 11) is 0. The molecule has 2 N–H and O–H groups in total. The molecule has 0 bridgehead atoms. The fourth-order valence-electron chi connectivity index (χ4n) is 1.05. The standard InChI is InChI=1S/C11H13N.ClH/c1-2-10(9-12)8-11-6-4-3-5-7-11;/h3-7H,1,8-9,12H2;1H. The van der Waals surface area contributed by atoms with Gasteiger partial charge in [-0.05, 0) is 11.1 Å². The number of halogens is 1. The molecule has 0 saturated carbocycles. The molecular weight excluding hydrogens is 182 g/mol. The first-order chi connectivity index (χ1) is 5.86. The Hall–Kier alpha value is -1.01. The fourth-order valence-corrected chi connectivity index (χ4v) is 1.05. The number of benzene rings is 1. The molecule has 0 spiro atoms. The van der Waals surface area contributed by atoms with Crippen LogP contribution in [0.15, 0.2) is 48.2 Å². The van der Waals surface area contributed by atoms with Gasteiger partial charge in [0.1, 0.15) is 0 Å². The molecule has 0 aliphatic rings. The molecule has 2 heteroatoms. The molecule has 0 unspecified atom stereocenters. The molecule has 70 valence electrons. The molecule has 0 heterocycles. The highest BCUT2D eigenvalue weighted by atomic mass is 35.5. The second-order valence-corrected chi connectivity index (χ2v) is 2.65. The van der Waals surface area contributed by atoms with Crippen LogP contribution in [0.5, 0.6) is 0 Å². The van der Waals surface area contributed by atoms with Gasteiger partial charge in [0.2, 0.25) is 0 Å². The van der Waals surface area contributed by atoms with E-state index in [-0.39, 0.29) is 12.4 Å². The van der Waals surface area contributed by atoms with Crippen LogP contribution in [0.2, 0.25) is 0 Å². The summed E-state index contributed by atoms with van der Waals surface area (Å²) in [6.45, 7) is 4.13. The molecule has 0 fully saturated rings. The lowest BCUT2D eigenvalue weighted by Gasteiger charge is -2.00. The summed E-state index contributed by atoms with van der Waals surface area (Å²) in [6.07, 6.45) is 0.862. The van der Waals surface area contributed by atoms with Crippen LogP contribution in [0.4, 0.5) is 0 Å². The first-order valence-corrected chi connectivity index (χ1v) is 3.98. The van der Waals surface area contributed by atoms with E-state index < -0.39 is 0 Å². The molecule has 1 aromatic carbocycles. The van der Waals surface area contributed by atoms with Crippen LogP contribution in [0, 0.1) is 0 Å². The normalized spacial score (nSPS) is 8.38. The largest absolute Gasteiger partial charge is 0.326 e. The topological polar surface area (TPSA) is 26.0 Å². The minimum atomic E-state index is 0. The fraction of sp³-hybridized carbons (Fsp3) is 0.182. The molecule has 0 saturated heterocycles. The molecule has 0 aliphatic carbocycles. The molecule has 0 aliphatic heterocycles. The lowest BCUT2D eigenvalue weighted by atomic mass is 10.1. The van der Waals surface area contributed by atoms with Gasteiger partial charge in [0.15, 0.2) is 0 Å². The maximum atomic E-state index is 5.49. The zero-order valence-corrected chi connectivity index (χ0v) is 8.31. The van der Waals surface area contributed by atoms with Gasteiger partial charge in [-0.2, -0.15) is 0 Å². The average molecular weight is 196 g/mol. The van der Waals surface area contributed by atoms with Crippen LogP contribution in [-0.2, 0) is 6.42 Å². The molecule has 0 amide bonds. The van der Waals surface area contributed by atoms with E-state index in [0.29, 0.717) is 6.54 Å². The predicted octanol–water partition coefficient (Wildman–Crippen LogP) is 2.32. The Morgan fingerprint density at radius 1 is 1.31 bits per heavy atom. The smallest absolute Gasteiger partial charge is 0.0216 e. The van der Waals surface area contributed by atoms with Gasteiger partial charge in [-0.3, -0.25) is 0 Å². The predicted molar refractivity (Wildman–Crippen MR) is 59.1 cm³/mol. The van der Waals surface area contributed by atoms with Crippen molar-refractivity contribution in [1.82, 2.24) is 0 Å². The number of rotatable bonds is 3. The summed E-state index contributed by atoms with van der Waals surface area (Å²) in [5.41, 5.74) is 10.6. The summed E-state index contributed by atoms with van der Waals surface area (Å²) < 4.78 is 0. The SMILES string of the molecule is C=C=C(CN)Cc1ccccc1.Cl. The summed E-state index contributed by atoms with van der Waals surface area (Å²) >= 11 is 0. The Balaban J connectivity index is 0.00000144. The highest BCUT2D eigenvalue weighted by molar-refractivity contribution is 5.85. The van der Waals surface area contributed by atoms with Crippen LogP contribution < -0.4 is 5.73 Å². The molecule has 13 heavy (non-hydrogen) atoms. The van der Waals surface area contributed by atoms with Crippen molar-refractivity contribution in [2.24, 2.45) is 5.73 Å². The van der Waals surface area contributed by atoms with Gasteiger partial charge < -0.3 is 5.73 Å². The minimum absolute atomic E-state index is 0. The quantitative estimate of drug-likeness (QED) is 0.737. The van der Waals surface area contributed by atoms with Crippen molar-refractivity contribution in [3.05, 3.63) is 53.8 Å². The second-order valence-electron chi connectivity index (χ2n) is 2.65. The van der Waals surface area contributed by atoms with Gasteiger partial charge in [-0.15, -0.1) is 18.1 Å². The molecule has 0 aromatic heterocycles. The third-order valence-electron chi connectivity index (χ3n) is 1.76. The van der Waals surface area contributed by atoms with Crippen molar-refractivity contribution in [3.8, 4) is 0 Å². The van der Waals surface area contributed by atoms with E-state index >= 15 is 0 Å². The van der Waals surface area contributed by atoms with Crippen molar-refractivity contribution in [1.29, 1.82) is 0 Å². The van der Waals surface area contributed by atoms with Gasteiger partial charge in [0.25, 0.3) is 0 Å². The van der Waals surface area contributed by atoms with Crippen molar-refractivity contribution in [2.75, 3.05) is 6.54 Å². The van der Waals surface area contributed by atoms with Gasteiger partial charge in [-0.25, -0.2) is 0 Å². The van der Waals surface area contributed by atoms with Crippen LogP contribution >= 0.6 is 12.4 Å². The van der Waals surface area contributed by atoms with Crippen LogP contribution in [0.1, 0.15) is 5.56 Å². The molecule has 1 rings (SSSR count). The second kappa shape index (κ2) is 6.50. The Kier molecular flexibility index (Phi) is 5.99. The van der Waals surface area contributed by atoms with E-state index in [0.717, 1.165) is 12.0 Å². The van der Waals surface area contributed by atoms with Gasteiger partial charge in [-0.1, -0.05) is 36.9 Å². The maximum absolute atomic E-state index is 5.49. The van der Waals surface area contributed by atoms with E-state index in [1.54, 1.807) is 0 Å². The average Bonchev–Trinajstić information content (AvgIpc) is 2.16. The van der Waals surface area contributed by atoms with Gasteiger partial charge in [0, 0.05) is 13.0 Å². The van der Waals surface area contributed by atoms with Crippen molar-refractivity contribution in [2.45, 2.75) is 6.42 Å². The zero-order valence-electron chi connectivity index (χ0n) is 7.49. The van der Waals surface area contributed by atoms with Crippen LogP contribution in [0.3, 0.4) is 0 Å². The lowest BCUT2D eigenvalue weighted by molar-refractivity contribution is 1.04. The molecule has 0 radical (unpaired) electrons. The van der Waals surface area contributed by atoms with Crippen LogP contribution in [-0.4, -0.2) is 6.54 Å². The summed E-state index contributed by atoms with van der Waals surface area (Å²) in [6, 6.07) is 10.2. The zero-order chi connectivity index (χ0) is 8.81. The number of hydrogen-bond acceptors (Lipinski definition) is 1. The Morgan fingerprint density at radius 3 is 2.38 bits per heavy atom. The van der Waals surface area contributed by atoms with Gasteiger partial charge in [0.05, 0.1) is 0 Å². The van der Waals surface area contributed by atoms with Crippen LogP contribution in [0.25, 0.3) is 0 Å². The minimum Gasteiger partial charge on any atom is -0.326 e. The number of nitrogens with two attached hydrogens (primary N) is 1. The van der Waals surface area contributed by atoms with E-state index in [4.69, 9.17) is 5.73 Å². The highest BCUT2D eigenvalue weighted by Gasteiger charge is 1.94. The Bertz CT molecular complexity index is 286. The monoisotopic (exact) mass is 195 g/mol. The summed E-state index contributed by atoms with van der Waals surface area (Å²) in [4.78, 5) is 0. The van der Waals surface area contributed by atoms with Crippen molar-refractivity contribution >= 4 is 12.4 Å². The first-order valence-electron chi connectivity index (χ1n) is 3.98. The molecule has 0 atom stereocenters. The Morgan fingerprint density at radius 2 is 1.92 bits per heavy atom. The van der Waals surface area contributed by atoms with Crippen molar-refractivity contribution < 1.29 is 0 Å². The van der Waals surface area contributed by atoms with E-state index in [1.165, 1.54) is 5.56 Å². The molecule has 1 nitrogen and oxygen atoms in total.